The highest BCUT2D eigenvalue weighted by Gasteiger charge is 2.36. The van der Waals surface area contributed by atoms with Gasteiger partial charge >= 0.3 is 5.97 Å². The van der Waals surface area contributed by atoms with E-state index in [1.807, 2.05) is 56.3 Å². The fourth-order valence-electron chi connectivity index (χ4n) is 3.40. The summed E-state index contributed by atoms with van der Waals surface area (Å²) in [6.07, 6.45) is 3.60. The van der Waals surface area contributed by atoms with Gasteiger partial charge in [-0.05, 0) is 31.6 Å². The second-order valence-electron chi connectivity index (χ2n) is 7.27. The van der Waals surface area contributed by atoms with E-state index in [1.54, 1.807) is 6.07 Å². The molecule has 0 N–H and O–H groups in total. The van der Waals surface area contributed by atoms with Crippen LogP contribution in [0.3, 0.4) is 0 Å². The summed E-state index contributed by atoms with van der Waals surface area (Å²) in [5.74, 6) is 0.488. The predicted molar refractivity (Wildman–Crippen MR) is 100 cm³/mol. The van der Waals surface area contributed by atoms with Crippen molar-refractivity contribution in [2.45, 2.75) is 38.9 Å². The molecule has 1 atom stereocenters. The molecule has 0 fully saturated rings. The lowest BCUT2D eigenvalue weighted by molar-refractivity contribution is -0.131. The number of ether oxygens (including phenoxy) is 3. The maximum absolute atomic E-state index is 12.9. The molecule has 2 aliphatic rings. The Kier molecular flexibility index (Phi) is 4.02. The van der Waals surface area contributed by atoms with Crippen LogP contribution in [-0.4, -0.2) is 17.4 Å². The molecular formula is C22H20O5. The number of hydrogen-bond donors (Lipinski definition) is 0. The third-order valence-electron chi connectivity index (χ3n) is 4.60. The number of carbonyl (C=O) groups is 2. The summed E-state index contributed by atoms with van der Waals surface area (Å²) < 4.78 is 17.6. The lowest BCUT2D eigenvalue weighted by Gasteiger charge is -2.33. The van der Waals surface area contributed by atoms with Crippen LogP contribution in [-0.2, 0) is 4.79 Å². The number of rotatable bonds is 2. The van der Waals surface area contributed by atoms with Crippen LogP contribution in [0.15, 0.2) is 42.5 Å². The van der Waals surface area contributed by atoms with Gasteiger partial charge in [0.25, 0.3) is 0 Å². The van der Waals surface area contributed by atoms with E-state index in [1.165, 1.54) is 6.92 Å². The molecule has 0 radical (unpaired) electrons. The van der Waals surface area contributed by atoms with Crippen LogP contribution in [0.25, 0.3) is 6.08 Å². The number of Topliss-reactive ketones (excluding diaryl/α,β-unsaturated/α-hetero) is 1. The third-order valence-corrected chi connectivity index (χ3v) is 4.60. The standard InChI is InChI=1S/C22H20O5/c1-13(23)25-19-12-18-15(9-10-22(2,3)27-18)21-20(19)16(24)11-17(26-21)14-7-5-4-6-8-14/h4-10,12,17H,11H2,1-3H3. The van der Waals surface area contributed by atoms with Crippen LogP contribution in [0.4, 0.5) is 0 Å². The van der Waals surface area contributed by atoms with Crippen LogP contribution in [0.5, 0.6) is 17.2 Å². The van der Waals surface area contributed by atoms with Gasteiger partial charge in [-0.2, -0.15) is 0 Å². The molecule has 2 aliphatic heterocycles. The van der Waals surface area contributed by atoms with Crippen molar-refractivity contribution in [3.05, 3.63) is 59.2 Å². The number of benzene rings is 2. The Balaban J connectivity index is 1.87. The van der Waals surface area contributed by atoms with Crippen molar-refractivity contribution in [3.8, 4) is 17.2 Å². The number of ketones is 1. The average molecular weight is 364 g/mol. The molecule has 4 rings (SSSR count). The first-order chi connectivity index (χ1) is 12.8. The Bertz CT molecular complexity index is 956. The van der Waals surface area contributed by atoms with E-state index >= 15 is 0 Å². The van der Waals surface area contributed by atoms with Crippen LogP contribution in [0.1, 0.15) is 54.8 Å². The van der Waals surface area contributed by atoms with E-state index in [4.69, 9.17) is 14.2 Å². The summed E-state index contributed by atoms with van der Waals surface area (Å²) in [6.45, 7) is 5.16. The Morgan fingerprint density at radius 2 is 1.96 bits per heavy atom. The molecule has 27 heavy (non-hydrogen) atoms. The number of carbonyl (C=O) groups excluding carboxylic acids is 2. The van der Waals surface area contributed by atoms with Gasteiger partial charge < -0.3 is 14.2 Å². The Morgan fingerprint density at radius 3 is 2.67 bits per heavy atom. The molecule has 0 bridgehead atoms. The summed E-state index contributed by atoms with van der Waals surface area (Å²) >= 11 is 0. The van der Waals surface area contributed by atoms with Crippen molar-refractivity contribution in [1.82, 2.24) is 0 Å². The zero-order valence-electron chi connectivity index (χ0n) is 15.4. The maximum atomic E-state index is 12.9. The number of hydrogen-bond acceptors (Lipinski definition) is 5. The minimum absolute atomic E-state index is 0.123. The molecule has 1 unspecified atom stereocenters. The highest BCUT2D eigenvalue weighted by atomic mass is 16.5. The Hall–Kier alpha value is -3.08. The molecule has 0 saturated heterocycles. The van der Waals surface area contributed by atoms with Gasteiger partial charge in [0.05, 0.1) is 12.0 Å². The summed E-state index contributed by atoms with van der Waals surface area (Å²) in [7, 11) is 0. The second-order valence-corrected chi connectivity index (χ2v) is 7.27. The molecule has 0 amide bonds. The van der Waals surface area contributed by atoms with E-state index in [0.29, 0.717) is 22.6 Å². The summed E-state index contributed by atoms with van der Waals surface area (Å²) in [5, 5.41) is 0. The van der Waals surface area contributed by atoms with Crippen LogP contribution in [0.2, 0.25) is 0 Å². The Morgan fingerprint density at radius 1 is 1.22 bits per heavy atom. The van der Waals surface area contributed by atoms with E-state index < -0.39 is 17.7 Å². The quantitative estimate of drug-likeness (QED) is 0.580. The van der Waals surface area contributed by atoms with E-state index in [9.17, 15) is 9.59 Å². The number of fused-ring (bicyclic) bond motifs is 3. The lowest BCUT2D eigenvalue weighted by Crippen LogP contribution is -2.29. The van der Waals surface area contributed by atoms with Crippen molar-refractivity contribution in [2.75, 3.05) is 0 Å². The van der Waals surface area contributed by atoms with E-state index in [2.05, 4.69) is 0 Å². The van der Waals surface area contributed by atoms with Crippen LogP contribution in [0, 0.1) is 0 Å². The van der Waals surface area contributed by atoms with Gasteiger partial charge in [0.1, 0.15) is 34.5 Å². The van der Waals surface area contributed by atoms with Gasteiger partial charge in [0, 0.05) is 13.0 Å². The predicted octanol–water partition coefficient (Wildman–Crippen LogP) is 4.50. The van der Waals surface area contributed by atoms with Crippen LogP contribution >= 0.6 is 0 Å². The van der Waals surface area contributed by atoms with Crippen molar-refractivity contribution >= 4 is 17.8 Å². The molecular weight excluding hydrogens is 344 g/mol. The van der Waals surface area contributed by atoms with Crippen LogP contribution < -0.4 is 14.2 Å². The zero-order chi connectivity index (χ0) is 19.2. The Labute approximate surface area is 157 Å². The van der Waals surface area contributed by atoms with Crippen molar-refractivity contribution in [1.29, 1.82) is 0 Å². The zero-order valence-corrected chi connectivity index (χ0v) is 15.4. The monoisotopic (exact) mass is 364 g/mol. The largest absolute Gasteiger partial charge is 0.484 e. The van der Waals surface area contributed by atoms with Gasteiger partial charge in [0.2, 0.25) is 0 Å². The van der Waals surface area contributed by atoms with Crippen molar-refractivity contribution in [3.63, 3.8) is 0 Å². The SMILES string of the molecule is CC(=O)Oc1cc2c(c3c1C(=O)CC(c1ccccc1)O3)C=CC(C)(C)O2. The summed E-state index contributed by atoms with van der Waals surface area (Å²) in [6, 6.07) is 11.2. The van der Waals surface area contributed by atoms with E-state index in [-0.39, 0.29) is 18.0 Å². The second kappa shape index (κ2) is 6.27. The molecule has 5 heteroatoms. The topological polar surface area (TPSA) is 61.8 Å². The average Bonchev–Trinajstić information content (AvgIpc) is 2.60. The first kappa shape index (κ1) is 17.3. The fraction of sp³-hybridized carbons (Fsp3) is 0.273. The van der Waals surface area contributed by atoms with Crippen molar-refractivity contribution < 1.29 is 23.8 Å². The molecule has 0 aromatic heterocycles. The normalized spacial score (nSPS) is 19.4. The molecule has 0 saturated carbocycles. The minimum atomic E-state index is -0.508. The van der Waals surface area contributed by atoms with Gasteiger partial charge in [-0.25, -0.2) is 0 Å². The lowest BCUT2D eigenvalue weighted by atomic mass is 9.91. The molecule has 138 valence electrons. The molecule has 2 heterocycles. The smallest absolute Gasteiger partial charge is 0.308 e. The van der Waals surface area contributed by atoms with Gasteiger partial charge in [-0.3, -0.25) is 9.59 Å². The van der Waals surface area contributed by atoms with E-state index in [0.717, 1.165) is 5.56 Å². The molecule has 5 nitrogen and oxygen atoms in total. The highest BCUT2D eigenvalue weighted by molar-refractivity contribution is 6.05. The maximum Gasteiger partial charge on any atom is 0.308 e. The first-order valence-electron chi connectivity index (χ1n) is 8.86. The third kappa shape index (κ3) is 3.21. The molecule has 0 spiro atoms. The molecule has 2 aromatic rings. The highest BCUT2D eigenvalue weighted by Crippen LogP contribution is 2.48. The van der Waals surface area contributed by atoms with Gasteiger partial charge in [-0.1, -0.05) is 30.3 Å². The summed E-state index contributed by atoms with van der Waals surface area (Å²) in [5.41, 5.74) is 1.40. The number of esters is 1. The summed E-state index contributed by atoms with van der Waals surface area (Å²) in [4.78, 5) is 24.5. The fourth-order valence-corrected chi connectivity index (χ4v) is 3.40. The minimum Gasteiger partial charge on any atom is -0.484 e. The molecule has 0 aliphatic carbocycles. The van der Waals surface area contributed by atoms with Gasteiger partial charge in [-0.15, -0.1) is 0 Å². The first-order valence-corrected chi connectivity index (χ1v) is 8.86. The van der Waals surface area contributed by atoms with Gasteiger partial charge in [0.15, 0.2) is 5.78 Å². The molecule has 2 aromatic carbocycles. The van der Waals surface area contributed by atoms with Crippen molar-refractivity contribution in [2.24, 2.45) is 0 Å².